The fourth-order valence-corrected chi connectivity index (χ4v) is 5.37. The maximum Gasteiger partial charge on any atom is 0.310 e. The normalized spacial score (nSPS) is 14.5. The molecule has 2 aromatic carbocycles. The van der Waals surface area contributed by atoms with Gasteiger partial charge in [-0.3, -0.25) is 20.2 Å². The quantitative estimate of drug-likeness (QED) is 0.365. The zero-order valence-corrected chi connectivity index (χ0v) is 19.4. The van der Waals surface area contributed by atoms with Gasteiger partial charge >= 0.3 is 5.69 Å². The van der Waals surface area contributed by atoms with Crippen molar-refractivity contribution in [2.75, 3.05) is 38.2 Å². The van der Waals surface area contributed by atoms with Crippen molar-refractivity contribution in [3.63, 3.8) is 0 Å². The highest BCUT2D eigenvalue weighted by atomic mass is 32.2. The van der Waals surface area contributed by atoms with Gasteiger partial charge in [-0.1, -0.05) is 24.3 Å². The lowest BCUT2D eigenvalue weighted by molar-refractivity contribution is -0.385. The SMILES string of the molecule is O=C(COc1ccccc1[N+](=O)[O-])Nc1nc(-c2ccc(S(=O)(=O)N3CCOCC3)cc2)cs1. The number of carbonyl (C=O) groups excluding carboxylic acids is 1. The fraction of sp³-hybridized carbons (Fsp3) is 0.238. The highest BCUT2D eigenvalue weighted by Crippen LogP contribution is 2.28. The first-order chi connectivity index (χ1) is 16.3. The Morgan fingerprint density at radius 1 is 1.18 bits per heavy atom. The summed E-state index contributed by atoms with van der Waals surface area (Å²) in [6, 6.07) is 12.2. The number of hydrogen-bond donors (Lipinski definition) is 1. The minimum Gasteiger partial charge on any atom is -0.477 e. The van der Waals surface area contributed by atoms with Crippen molar-refractivity contribution in [1.29, 1.82) is 0 Å². The van der Waals surface area contributed by atoms with Crippen LogP contribution in [-0.2, 0) is 19.6 Å². The average molecular weight is 505 g/mol. The van der Waals surface area contributed by atoms with Crippen LogP contribution in [0.3, 0.4) is 0 Å². The number of rotatable bonds is 8. The van der Waals surface area contributed by atoms with Crippen LogP contribution in [-0.4, -0.2) is 61.4 Å². The number of aromatic nitrogens is 1. The van der Waals surface area contributed by atoms with E-state index in [9.17, 15) is 23.3 Å². The van der Waals surface area contributed by atoms with Crippen molar-refractivity contribution in [1.82, 2.24) is 9.29 Å². The van der Waals surface area contributed by atoms with E-state index in [4.69, 9.17) is 9.47 Å². The van der Waals surface area contributed by atoms with E-state index in [0.717, 1.165) is 0 Å². The van der Waals surface area contributed by atoms with Crippen LogP contribution in [0, 0.1) is 10.1 Å². The molecular formula is C21H20N4O7S2. The number of amides is 1. The largest absolute Gasteiger partial charge is 0.477 e. The molecule has 3 aromatic rings. The number of morpholine rings is 1. The van der Waals surface area contributed by atoms with Crippen LogP contribution in [0.1, 0.15) is 0 Å². The number of nitro benzene ring substituents is 1. The van der Waals surface area contributed by atoms with Crippen molar-refractivity contribution in [3.05, 3.63) is 64.0 Å². The molecule has 0 aliphatic carbocycles. The molecule has 1 amide bonds. The highest BCUT2D eigenvalue weighted by Gasteiger charge is 2.26. The van der Waals surface area contributed by atoms with Crippen molar-refractivity contribution < 1.29 is 27.6 Å². The molecule has 1 aliphatic heterocycles. The molecule has 0 bridgehead atoms. The molecule has 34 heavy (non-hydrogen) atoms. The summed E-state index contributed by atoms with van der Waals surface area (Å²) in [6.07, 6.45) is 0. The van der Waals surface area contributed by atoms with Crippen LogP contribution >= 0.6 is 11.3 Å². The zero-order chi connectivity index (χ0) is 24.1. The summed E-state index contributed by atoms with van der Waals surface area (Å²) in [6.45, 7) is 0.963. The zero-order valence-electron chi connectivity index (χ0n) is 17.7. The number of nitrogens with one attached hydrogen (secondary N) is 1. The molecule has 1 N–H and O–H groups in total. The standard InChI is InChI=1S/C21H20N4O7S2/c26-20(13-32-19-4-2-1-3-18(19)25(27)28)23-21-22-17(14-33-21)15-5-7-16(8-6-15)34(29,30)24-9-11-31-12-10-24/h1-8,14H,9-13H2,(H,22,23,26). The van der Waals surface area contributed by atoms with Gasteiger partial charge in [0.15, 0.2) is 17.5 Å². The number of carbonyl (C=O) groups is 1. The molecular weight excluding hydrogens is 484 g/mol. The van der Waals surface area contributed by atoms with E-state index < -0.39 is 27.5 Å². The third-order valence-electron chi connectivity index (χ3n) is 4.93. The van der Waals surface area contributed by atoms with Gasteiger partial charge in [-0.15, -0.1) is 11.3 Å². The van der Waals surface area contributed by atoms with Crippen LogP contribution in [0.15, 0.2) is 58.8 Å². The van der Waals surface area contributed by atoms with E-state index in [0.29, 0.717) is 42.7 Å². The number of nitro groups is 1. The maximum absolute atomic E-state index is 12.7. The summed E-state index contributed by atoms with van der Waals surface area (Å²) >= 11 is 1.19. The van der Waals surface area contributed by atoms with E-state index in [1.807, 2.05) is 0 Å². The van der Waals surface area contributed by atoms with Crippen molar-refractivity contribution in [2.45, 2.75) is 4.90 Å². The van der Waals surface area contributed by atoms with E-state index in [-0.39, 0.29) is 16.3 Å². The Morgan fingerprint density at radius 3 is 2.59 bits per heavy atom. The first kappa shape index (κ1) is 23.8. The van der Waals surface area contributed by atoms with E-state index in [2.05, 4.69) is 10.3 Å². The number of nitrogens with zero attached hydrogens (tertiary/aromatic N) is 3. The summed E-state index contributed by atoms with van der Waals surface area (Å²) in [5.74, 6) is -0.527. The van der Waals surface area contributed by atoms with Gasteiger partial charge in [-0.2, -0.15) is 4.31 Å². The van der Waals surface area contributed by atoms with Crippen molar-refractivity contribution >= 4 is 38.1 Å². The van der Waals surface area contributed by atoms with Gasteiger partial charge in [-0.05, 0) is 18.2 Å². The minimum absolute atomic E-state index is 0.00500. The summed E-state index contributed by atoms with van der Waals surface area (Å²) in [5.41, 5.74) is 1.02. The monoisotopic (exact) mass is 504 g/mol. The van der Waals surface area contributed by atoms with Gasteiger partial charge in [0.1, 0.15) is 0 Å². The molecule has 0 radical (unpaired) electrons. The first-order valence-electron chi connectivity index (χ1n) is 10.1. The van der Waals surface area contributed by atoms with Crippen LogP contribution in [0.4, 0.5) is 10.8 Å². The van der Waals surface area contributed by atoms with Gasteiger partial charge in [0.2, 0.25) is 10.0 Å². The van der Waals surface area contributed by atoms with E-state index in [1.165, 1.54) is 46.0 Å². The molecule has 178 valence electrons. The Hall–Kier alpha value is -3.39. The minimum atomic E-state index is -3.59. The molecule has 13 heteroatoms. The molecule has 1 aliphatic rings. The predicted octanol–water partition coefficient (Wildman–Crippen LogP) is 2.76. The topological polar surface area (TPSA) is 141 Å². The number of thiazole rings is 1. The lowest BCUT2D eigenvalue weighted by Gasteiger charge is -2.26. The van der Waals surface area contributed by atoms with Crippen LogP contribution < -0.4 is 10.1 Å². The van der Waals surface area contributed by atoms with Gasteiger partial charge in [-0.25, -0.2) is 13.4 Å². The highest BCUT2D eigenvalue weighted by molar-refractivity contribution is 7.89. The molecule has 0 atom stereocenters. The summed E-state index contributed by atoms with van der Waals surface area (Å²) in [7, 11) is -3.59. The average Bonchev–Trinajstić information content (AvgIpc) is 3.32. The number of benzene rings is 2. The Morgan fingerprint density at radius 2 is 1.88 bits per heavy atom. The van der Waals surface area contributed by atoms with Gasteiger partial charge < -0.3 is 9.47 Å². The second kappa shape index (κ2) is 10.3. The lowest BCUT2D eigenvalue weighted by atomic mass is 10.2. The second-order valence-corrected chi connectivity index (χ2v) is 9.94. The number of ether oxygens (including phenoxy) is 2. The molecule has 0 saturated carbocycles. The molecule has 0 unspecified atom stereocenters. The molecule has 1 saturated heterocycles. The van der Waals surface area contributed by atoms with E-state index in [1.54, 1.807) is 23.6 Å². The number of sulfonamides is 1. The van der Waals surface area contributed by atoms with Gasteiger partial charge in [0, 0.05) is 30.1 Å². The van der Waals surface area contributed by atoms with Crippen molar-refractivity contribution in [2.24, 2.45) is 0 Å². The number of hydrogen-bond acceptors (Lipinski definition) is 9. The molecule has 0 spiro atoms. The molecule has 1 aromatic heterocycles. The Bertz CT molecular complexity index is 1290. The number of anilines is 1. The van der Waals surface area contributed by atoms with Crippen LogP contribution in [0.2, 0.25) is 0 Å². The van der Waals surface area contributed by atoms with E-state index >= 15 is 0 Å². The van der Waals surface area contributed by atoms with Gasteiger partial charge in [0.05, 0.1) is 28.7 Å². The summed E-state index contributed by atoms with van der Waals surface area (Å²) in [4.78, 5) is 27.2. The fourth-order valence-electron chi connectivity index (χ4n) is 3.23. The molecule has 1 fully saturated rings. The van der Waals surface area contributed by atoms with Gasteiger partial charge in [0.25, 0.3) is 5.91 Å². The molecule has 2 heterocycles. The number of para-hydroxylation sites is 2. The Labute approximate surface area is 199 Å². The maximum atomic E-state index is 12.7. The summed E-state index contributed by atoms with van der Waals surface area (Å²) < 4.78 is 37.4. The van der Waals surface area contributed by atoms with Crippen LogP contribution in [0.25, 0.3) is 11.3 Å². The third-order valence-corrected chi connectivity index (χ3v) is 7.60. The smallest absolute Gasteiger partial charge is 0.310 e. The first-order valence-corrected chi connectivity index (χ1v) is 12.5. The second-order valence-electron chi connectivity index (χ2n) is 7.14. The Kier molecular flexibility index (Phi) is 7.17. The Balaban J connectivity index is 1.38. The lowest BCUT2D eigenvalue weighted by Crippen LogP contribution is -2.40. The molecule has 4 rings (SSSR count). The predicted molar refractivity (Wildman–Crippen MR) is 124 cm³/mol. The third kappa shape index (κ3) is 5.39. The summed E-state index contributed by atoms with van der Waals surface area (Å²) in [5, 5.41) is 15.7. The van der Waals surface area contributed by atoms with Crippen LogP contribution in [0.5, 0.6) is 5.75 Å². The van der Waals surface area contributed by atoms with Crippen molar-refractivity contribution in [3.8, 4) is 17.0 Å². The molecule has 11 nitrogen and oxygen atoms in total.